The summed E-state index contributed by atoms with van der Waals surface area (Å²) in [4.78, 5) is 15.5. The Morgan fingerprint density at radius 1 is 1.33 bits per heavy atom. The van der Waals surface area contributed by atoms with Crippen LogP contribution >= 0.6 is 0 Å². The van der Waals surface area contributed by atoms with Crippen molar-refractivity contribution >= 4 is 12.1 Å². The van der Waals surface area contributed by atoms with Gasteiger partial charge in [-0.1, -0.05) is 24.3 Å². The summed E-state index contributed by atoms with van der Waals surface area (Å²) in [6.07, 6.45) is 2.83. The second-order valence-electron chi connectivity index (χ2n) is 4.20. The third-order valence-electron chi connectivity index (χ3n) is 2.92. The first kappa shape index (κ1) is 12.7. The highest BCUT2D eigenvalue weighted by Crippen LogP contribution is 2.19. The fourth-order valence-electron chi connectivity index (χ4n) is 1.95. The Morgan fingerprint density at radius 2 is 2.17 bits per heavy atom. The van der Waals surface area contributed by atoms with E-state index in [1.807, 2.05) is 24.3 Å². The number of carbonyl (C=O) groups is 1. The van der Waals surface area contributed by atoms with Crippen molar-refractivity contribution in [1.29, 1.82) is 0 Å². The van der Waals surface area contributed by atoms with Gasteiger partial charge in [0.05, 0.1) is 0 Å². The van der Waals surface area contributed by atoms with Crippen molar-refractivity contribution < 1.29 is 4.79 Å². The molecule has 1 atom stereocenters. The molecule has 5 nitrogen and oxygen atoms in total. The van der Waals surface area contributed by atoms with Gasteiger partial charge in [0.2, 0.25) is 0 Å². The van der Waals surface area contributed by atoms with Gasteiger partial charge in [0.25, 0.3) is 0 Å². The molecule has 1 aliphatic heterocycles. The van der Waals surface area contributed by atoms with E-state index in [4.69, 9.17) is 5.73 Å². The maximum Gasteiger partial charge on any atom is 0.143 e. The molecule has 0 spiro atoms. The number of nitrogens with zero attached hydrogens (tertiary/aromatic N) is 1. The fraction of sp³-hybridized carbons (Fsp3) is 0.385. The molecule has 0 saturated heterocycles. The van der Waals surface area contributed by atoms with Crippen molar-refractivity contribution in [3.05, 3.63) is 35.4 Å². The van der Waals surface area contributed by atoms with Gasteiger partial charge in [-0.25, -0.2) is 5.43 Å². The van der Waals surface area contributed by atoms with Crippen molar-refractivity contribution in [1.82, 2.24) is 10.9 Å². The van der Waals surface area contributed by atoms with Gasteiger partial charge in [-0.2, -0.15) is 0 Å². The Bertz CT molecular complexity index is 444. The number of nitrogens with one attached hydrogen (secondary N) is 2. The Hall–Kier alpha value is -1.72. The maximum atomic E-state index is 11.0. The smallest absolute Gasteiger partial charge is 0.143 e. The van der Waals surface area contributed by atoms with Crippen LogP contribution in [0.4, 0.5) is 0 Å². The van der Waals surface area contributed by atoms with Crippen molar-refractivity contribution in [3.8, 4) is 0 Å². The van der Waals surface area contributed by atoms with Crippen molar-refractivity contribution in [2.75, 3.05) is 13.1 Å². The molecular formula is C13H18N4O. The minimum atomic E-state index is -0.316. The largest absolute Gasteiger partial charge is 0.330 e. The number of hydrazine groups is 1. The molecule has 0 amide bonds. The van der Waals surface area contributed by atoms with Crippen LogP contribution in [0.3, 0.4) is 0 Å². The van der Waals surface area contributed by atoms with Gasteiger partial charge >= 0.3 is 0 Å². The first-order chi connectivity index (χ1) is 8.86. The van der Waals surface area contributed by atoms with Crippen LogP contribution in [0.2, 0.25) is 0 Å². The van der Waals surface area contributed by atoms with E-state index in [0.29, 0.717) is 6.54 Å². The number of benzene rings is 1. The standard InChI is InChI=1S/C13H18N4O/c14-7-3-4-8-15-13-11-6-2-1-5-10(11)12(9-18)16-17-13/h1-2,5-6,9,12,16H,3-4,7-8,14H2,(H,15,17). The third-order valence-corrected chi connectivity index (χ3v) is 2.92. The number of amidine groups is 1. The molecule has 5 heteroatoms. The Labute approximate surface area is 106 Å². The summed E-state index contributed by atoms with van der Waals surface area (Å²) in [5.41, 5.74) is 13.3. The highest BCUT2D eigenvalue weighted by molar-refractivity contribution is 6.01. The quantitative estimate of drug-likeness (QED) is 0.523. The fourth-order valence-corrected chi connectivity index (χ4v) is 1.95. The number of rotatable bonds is 5. The minimum absolute atomic E-state index is 0.316. The molecule has 1 aromatic rings. The first-order valence-electron chi connectivity index (χ1n) is 6.17. The van der Waals surface area contributed by atoms with Gasteiger partial charge in [0, 0.05) is 12.1 Å². The lowest BCUT2D eigenvalue weighted by atomic mass is 9.99. The number of hydrogen-bond acceptors (Lipinski definition) is 4. The lowest BCUT2D eigenvalue weighted by Gasteiger charge is -2.25. The van der Waals surface area contributed by atoms with Crippen molar-refractivity contribution in [2.45, 2.75) is 18.9 Å². The topological polar surface area (TPSA) is 79.5 Å². The van der Waals surface area contributed by atoms with E-state index in [1.54, 1.807) is 0 Å². The van der Waals surface area contributed by atoms with Gasteiger partial charge in [0.15, 0.2) is 0 Å². The highest BCUT2D eigenvalue weighted by atomic mass is 16.1. The second-order valence-corrected chi connectivity index (χ2v) is 4.20. The van der Waals surface area contributed by atoms with Crippen LogP contribution in [0, 0.1) is 0 Å². The summed E-state index contributed by atoms with van der Waals surface area (Å²) in [6, 6.07) is 7.47. The highest BCUT2D eigenvalue weighted by Gasteiger charge is 2.22. The molecule has 4 N–H and O–H groups in total. The van der Waals surface area contributed by atoms with Crippen molar-refractivity contribution in [3.63, 3.8) is 0 Å². The molecule has 0 aliphatic carbocycles. The molecular weight excluding hydrogens is 228 g/mol. The average molecular weight is 246 g/mol. The zero-order valence-electron chi connectivity index (χ0n) is 10.2. The number of carbonyl (C=O) groups excluding carboxylic acids is 1. The lowest BCUT2D eigenvalue weighted by Crippen LogP contribution is -2.46. The molecule has 0 bridgehead atoms. The van der Waals surface area contributed by atoms with Gasteiger partial charge in [0.1, 0.15) is 18.2 Å². The Kier molecular flexibility index (Phi) is 4.44. The van der Waals surface area contributed by atoms with Gasteiger partial charge in [-0.15, -0.1) is 0 Å². The lowest BCUT2D eigenvalue weighted by molar-refractivity contribution is -0.109. The zero-order valence-corrected chi connectivity index (χ0v) is 10.2. The predicted octanol–water partition coefficient (Wildman–Crippen LogP) is 0.520. The van der Waals surface area contributed by atoms with Crippen LogP contribution in [0.1, 0.15) is 30.0 Å². The van der Waals surface area contributed by atoms with Crippen molar-refractivity contribution in [2.24, 2.45) is 10.7 Å². The molecule has 0 aromatic heterocycles. The maximum absolute atomic E-state index is 11.0. The van der Waals surface area contributed by atoms with E-state index in [1.165, 1.54) is 0 Å². The molecule has 1 aliphatic rings. The Morgan fingerprint density at radius 3 is 2.94 bits per heavy atom. The monoisotopic (exact) mass is 246 g/mol. The van der Waals surface area contributed by atoms with E-state index in [9.17, 15) is 4.79 Å². The van der Waals surface area contributed by atoms with E-state index >= 15 is 0 Å². The predicted molar refractivity (Wildman–Crippen MR) is 71.2 cm³/mol. The summed E-state index contributed by atoms with van der Waals surface area (Å²) in [7, 11) is 0. The molecule has 18 heavy (non-hydrogen) atoms. The third kappa shape index (κ3) is 2.75. The van der Waals surface area contributed by atoms with Crippen LogP contribution in [0.5, 0.6) is 0 Å². The summed E-state index contributed by atoms with van der Waals surface area (Å²) >= 11 is 0. The molecule has 0 radical (unpaired) electrons. The van der Waals surface area contributed by atoms with E-state index < -0.39 is 0 Å². The summed E-state index contributed by atoms with van der Waals surface area (Å²) < 4.78 is 0. The first-order valence-corrected chi connectivity index (χ1v) is 6.17. The van der Waals surface area contributed by atoms with Gasteiger partial charge < -0.3 is 16.0 Å². The number of aldehydes is 1. The zero-order chi connectivity index (χ0) is 12.8. The van der Waals surface area contributed by atoms with Crippen LogP contribution in [-0.4, -0.2) is 25.2 Å². The molecule has 1 heterocycles. The van der Waals surface area contributed by atoms with E-state index in [2.05, 4.69) is 15.8 Å². The normalized spacial score (nSPS) is 20.3. The SMILES string of the molecule is NCCCCN=C1NNC(C=O)c2ccccc21. The van der Waals surface area contributed by atoms with Crippen LogP contribution < -0.4 is 16.6 Å². The van der Waals surface area contributed by atoms with Crippen LogP contribution in [0.25, 0.3) is 0 Å². The molecule has 1 aromatic carbocycles. The summed E-state index contributed by atoms with van der Waals surface area (Å²) in [5.74, 6) is 0.792. The van der Waals surface area contributed by atoms with E-state index in [0.717, 1.165) is 42.6 Å². The molecule has 96 valence electrons. The minimum Gasteiger partial charge on any atom is -0.330 e. The number of nitrogens with two attached hydrogens (primary N) is 1. The number of hydrogen-bond donors (Lipinski definition) is 3. The Balaban J connectivity index is 2.17. The number of fused-ring (bicyclic) bond motifs is 1. The molecule has 0 fully saturated rings. The van der Waals surface area contributed by atoms with E-state index in [-0.39, 0.29) is 6.04 Å². The average Bonchev–Trinajstić information content (AvgIpc) is 2.43. The number of aliphatic imine (C=N–C) groups is 1. The molecule has 2 rings (SSSR count). The van der Waals surface area contributed by atoms with Crippen LogP contribution in [-0.2, 0) is 4.79 Å². The molecule has 1 unspecified atom stereocenters. The van der Waals surface area contributed by atoms with Gasteiger partial charge in [-0.3, -0.25) is 4.99 Å². The number of unbranched alkanes of at least 4 members (excludes halogenated alkanes) is 1. The summed E-state index contributed by atoms with van der Waals surface area (Å²) in [6.45, 7) is 1.43. The second kappa shape index (κ2) is 6.28. The summed E-state index contributed by atoms with van der Waals surface area (Å²) in [5, 5.41) is 0. The molecule has 0 saturated carbocycles. The van der Waals surface area contributed by atoms with Crippen LogP contribution in [0.15, 0.2) is 29.3 Å². The van der Waals surface area contributed by atoms with Gasteiger partial charge in [-0.05, 0) is 24.9 Å².